The van der Waals surface area contributed by atoms with Crippen LogP contribution in [-0.2, 0) is 4.74 Å². The molecule has 114 valence electrons. The highest BCUT2D eigenvalue weighted by atomic mass is 16.5. The van der Waals surface area contributed by atoms with Gasteiger partial charge in [-0.1, -0.05) is 57.7 Å². The molecule has 0 saturated heterocycles. The van der Waals surface area contributed by atoms with Crippen molar-refractivity contribution in [2.75, 3.05) is 7.11 Å². The number of allylic oxidation sites excluding steroid dienone is 6. The Morgan fingerprint density at radius 2 is 1.80 bits per heavy atom. The normalized spacial score (nSPS) is 14.1. The largest absolute Gasteiger partial charge is 0.497 e. The van der Waals surface area contributed by atoms with Gasteiger partial charge in [-0.2, -0.15) is 0 Å². The quantitative estimate of drug-likeness (QED) is 0.503. The summed E-state index contributed by atoms with van der Waals surface area (Å²) in [6, 6.07) is 0. The number of hydrogen-bond donors (Lipinski definition) is 1. The summed E-state index contributed by atoms with van der Waals surface area (Å²) < 4.78 is 5.05. The van der Waals surface area contributed by atoms with Gasteiger partial charge in [0.15, 0.2) is 0 Å². The Morgan fingerprint density at radius 3 is 2.30 bits per heavy atom. The van der Waals surface area contributed by atoms with Crippen molar-refractivity contribution < 1.29 is 9.84 Å². The first-order valence-electron chi connectivity index (χ1n) is 7.20. The molecule has 1 N–H and O–H groups in total. The second-order valence-electron chi connectivity index (χ2n) is 3.90. The molecule has 20 heavy (non-hydrogen) atoms. The number of hydrogen-bond acceptors (Lipinski definition) is 2. The van der Waals surface area contributed by atoms with E-state index in [1.807, 2.05) is 45.1 Å². The molecule has 0 rings (SSSR count). The lowest BCUT2D eigenvalue weighted by Crippen LogP contribution is -2.06. The van der Waals surface area contributed by atoms with Crippen molar-refractivity contribution in [3.8, 4) is 0 Å². The number of rotatable bonds is 8. The highest BCUT2D eigenvalue weighted by Gasteiger charge is 2.02. The highest BCUT2D eigenvalue weighted by Crippen LogP contribution is 2.08. The SMILES string of the molecule is C=C/C(=C\C=C(/C)C(O)C/C=C\C=C/CC)OC.CC. The van der Waals surface area contributed by atoms with Crippen LogP contribution in [0.3, 0.4) is 0 Å². The van der Waals surface area contributed by atoms with Crippen LogP contribution >= 0.6 is 0 Å². The van der Waals surface area contributed by atoms with Crippen LogP contribution in [-0.4, -0.2) is 18.3 Å². The number of methoxy groups -OCH3 is 1. The summed E-state index contributed by atoms with van der Waals surface area (Å²) in [6.07, 6.45) is 14.4. The van der Waals surface area contributed by atoms with E-state index in [9.17, 15) is 5.11 Å². The Morgan fingerprint density at radius 1 is 1.20 bits per heavy atom. The minimum atomic E-state index is -0.463. The Labute approximate surface area is 124 Å². The van der Waals surface area contributed by atoms with E-state index in [1.54, 1.807) is 19.3 Å². The van der Waals surface area contributed by atoms with Gasteiger partial charge in [0.2, 0.25) is 0 Å². The van der Waals surface area contributed by atoms with Gasteiger partial charge in [-0.3, -0.25) is 0 Å². The molecule has 0 bridgehead atoms. The van der Waals surface area contributed by atoms with Crippen LogP contribution in [0.1, 0.15) is 40.5 Å². The van der Waals surface area contributed by atoms with Gasteiger partial charge >= 0.3 is 0 Å². The molecule has 0 aliphatic carbocycles. The Balaban J connectivity index is 0. The predicted molar refractivity (Wildman–Crippen MR) is 89.6 cm³/mol. The fraction of sp³-hybridized carbons (Fsp3) is 0.444. The summed E-state index contributed by atoms with van der Waals surface area (Å²) in [4.78, 5) is 0. The van der Waals surface area contributed by atoms with E-state index in [2.05, 4.69) is 19.6 Å². The smallest absolute Gasteiger partial charge is 0.118 e. The van der Waals surface area contributed by atoms with Crippen molar-refractivity contribution in [3.63, 3.8) is 0 Å². The minimum absolute atomic E-state index is 0.463. The van der Waals surface area contributed by atoms with Crippen molar-refractivity contribution in [2.24, 2.45) is 0 Å². The molecule has 0 aromatic carbocycles. The molecule has 0 fully saturated rings. The van der Waals surface area contributed by atoms with Crippen molar-refractivity contribution >= 4 is 0 Å². The number of aliphatic hydroxyl groups excluding tert-OH is 1. The molecular formula is C18H30O2. The zero-order valence-corrected chi connectivity index (χ0v) is 13.6. The summed E-state index contributed by atoms with van der Waals surface area (Å²) in [7, 11) is 1.59. The Hall–Kier alpha value is -1.54. The van der Waals surface area contributed by atoms with E-state index in [-0.39, 0.29) is 0 Å². The lowest BCUT2D eigenvalue weighted by Gasteiger charge is -2.07. The summed E-state index contributed by atoms with van der Waals surface area (Å²) >= 11 is 0. The molecule has 0 amide bonds. The van der Waals surface area contributed by atoms with Gasteiger partial charge in [0, 0.05) is 0 Å². The second-order valence-corrected chi connectivity index (χ2v) is 3.90. The molecule has 0 radical (unpaired) electrons. The van der Waals surface area contributed by atoms with E-state index in [0.29, 0.717) is 12.2 Å². The monoisotopic (exact) mass is 278 g/mol. The third-order valence-electron chi connectivity index (χ3n) is 2.45. The average molecular weight is 278 g/mol. The van der Waals surface area contributed by atoms with Crippen LogP contribution in [0.25, 0.3) is 0 Å². The van der Waals surface area contributed by atoms with Gasteiger partial charge in [-0.15, -0.1) is 0 Å². The first kappa shape index (κ1) is 20.8. The van der Waals surface area contributed by atoms with E-state index in [1.165, 1.54) is 0 Å². The molecule has 1 atom stereocenters. The maximum atomic E-state index is 9.89. The Bertz CT molecular complexity index is 346. The van der Waals surface area contributed by atoms with Crippen LogP contribution in [0, 0.1) is 0 Å². The Kier molecular flexibility index (Phi) is 16.1. The first-order valence-corrected chi connectivity index (χ1v) is 7.20. The minimum Gasteiger partial charge on any atom is -0.497 e. The van der Waals surface area contributed by atoms with E-state index in [0.717, 1.165) is 12.0 Å². The van der Waals surface area contributed by atoms with Crippen molar-refractivity contribution in [1.29, 1.82) is 0 Å². The van der Waals surface area contributed by atoms with Gasteiger partial charge in [0.1, 0.15) is 5.76 Å². The molecule has 0 aliphatic rings. The predicted octanol–water partition coefficient (Wildman–Crippen LogP) is 4.95. The molecule has 1 unspecified atom stereocenters. The van der Waals surface area contributed by atoms with Crippen LogP contribution in [0.4, 0.5) is 0 Å². The third kappa shape index (κ3) is 11.5. The van der Waals surface area contributed by atoms with Crippen LogP contribution in [0.15, 0.2) is 60.4 Å². The van der Waals surface area contributed by atoms with Gasteiger partial charge < -0.3 is 9.84 Å². The molecule has 0 spiro atoms. The number of aliphatic hydroxyl groups is 1. The topological polar surface area (TPSA) is 29.5 Å². The van der Waals surface area contributed by atoms with Crippen LogP contribution in [0.2, 0.25) is 0 Å². The van der Waals surface area contributed by atoms with Gasteiger partial charge in [0.05, 0.1) is 13.2 Å². The summed E-state index contributed by atoms with van der Waals surface area (Å²) in [6.45, 7) is 11.6. The second kappa shape index (κ2) is 15.5. The average Bonchev–Trinajstić information content (AvgIpc) is 2.49. The molecular weight excluding hydrogens is 248 g/mol. The maximum absolute atomic E-state index is 9.89. The first-order chi connectivity index (χ1) is 9.65. The van der Waals surface area contributed by atoms with Crippen LogP contribution in [0.5, 0.6) is 0 Å². The van der Waals surface area contributed by atoms with E-state index in [4.69, 9.17) is 4.74 Å². The standard InChI is InChI=1S/C16H24O2.C2H6/c1-5-7-8-9-10-11-16(17)14(3)12-13-15(6-2)18-4;1-2/h6-10,12-13,16-17H,2,5,11H2,1,3-4H3;1-2H3/b8-7-,10-9-,14-12+,15-13+;. The lowest BCUT2D eigenvalue weighted by molar-refractivity contribution is 0.214. The zero-order chi connectivity index (χ0) is 15.8. The highest BCUT2D eigenvalue weighted by molar-refractivity contribution is 5.21. The number of ether oxygens (including phenoxy) is 1. The van der Waals surface area contributed by atoms with E-state index >= 15 is 0 Å². The third-order valence-corrected chi connectivity index (χ3v) is 2.45. The van der Waals surface area contributed by atoms with E-state index < -0.39 is 6.10 Å². The molecule has 0 saturated carbocycles. The molecule has 0 aromatic heterocycles. The fourth-order valence-electron chi connectivity index (χ4n) is 1.23. The molecule has 2 heteroatoms. The molecule has 0 heterocycles. The van der Waals surface area contributed by atoms with Gasteiger partial charge in [0.25, 0.3) is 0 Å². The summed E-state index contributed by atoms with van der Waals surface area (Å²) in [5.74, 6) is 0.683. The van der Waals surface area contributed by atoms with Crippen molar-refractivity contribution in [3.05, 3.63) is 60.4 Å². The lowest BCUT2D eigenvalue weighted by atomic mass is 10.1. The fourth-order valence-corrected chi connectivity index (χ4v) is 1.23. The van der Waals surface area contributed by atoms with Crippen molar-refractivity contribution in [2.45, 2.75) is 46.6 Å². The van der Waals surface area contributed by atoms with Gasteiger partial charge in [-0.25, -0.2) is 0 Å². The maximum Gasteiger partial charge on any atom is 0.118 e. The zero-order valence-electron chi connectivity index (χ0n) is 13.6. The van der Waals surface area contributed by atoms with Crippen LogP contribution < -0.4 is 0 Å². The summed E-state index contributed by atoms with van der Waals surface area (Å²) in [5, 5.41) is 9.89. The molecule has 0 aromatic rings. The van der Waals surface area contributed by atoms with Gasteiger partial charge in [-0.05, 0) is 37.5 Å². The van der Waals surface area contributed by atoms with Crippen molar-refractivity contribution in [1.82, 2.24) is 0 Å². The molecule has 2 nitrogen and oxygen atoms in total. The molecule has 0 aliphatic heterocycles. The summed E-state index contributed by atoms with van der Waals surface area (Å²) in [5.41, 5.74) is 0.899.